The number of nitrogens with one attached hydrogen (secondary N) is 1. The fourth-order valence-corrected chi connectivity index (χ4v) is 3.61. The van der Waals surface area contributed by atoms with Gasteiger partial charge in [0, 0.05) is 23.5 Å². The van der Waals surface area contributed by atoms with Crippen LogP contribution in [0, 0.1) is 20.8 Å². The molecule has 0 bridgehead atoms. The highest BCUT2D eigenvalue weighted by Gasteiger charge is 2.39. The highest BCUT2D eigenvalue weighted by Crippen LogP contribution is 2.35. The fourth-order valence-electron chi connectivity index (χ4n) is 3.49. The SMILES string of the molecule is Cc1cc(C)c(CC2(c3ccc(Cl)cc3)CNC2)c(C)c1. The minimum atomic E-state index is 0.218. The summed E-state index contributed by atoms with van der Waals surface area (Å²) < 4.78 is 0. The molecule has 1 nitrogen and oxygen atoms in total. The van der Waals surface area contributed by atoms with Gasteiger partial charge in [-0.05, 0) is 61.6 Å². The van der Waals surface area contributed by atoms with Crippen molar-refractivity contribution in [1.29, 1.82) is 0 Å². The molecule has 1 N–H and O–H groups in total. The first-order valence-electron chi connectivity index (χ1n) is 7.54. The molecular formula is C19H22ClN. The van der Waals surface area contributed by atoms with Crippen LogP contribution in [0.2, 0.25) is 5.02 Å². The van der Waals surface area contributed by atoms with Gasteiger partial charge in [0.15, 0.2) is 0 Å². The molecule has 0 unspecified atom stereocenters. The van der Waals surface area contributed by atoms with Gasteiger partial charge in [0.05, 0.1) is 0 Å². The summed E-state index contributed by atoms with van der Waals surface area (Å²) in [5, 5.41) is 4.26. The molecule has 2 aromatic rings. The summed E-state index contributed by atoms with van der Waals surface area (Å²) in [4.78, 5) is 0. The van der Waals surface area contributed by atoms with Crippen molar-refractivity contribution in [3.05, 3.63) is 69.2 Å². The second-order valence-electron chi connectivity index (χ2n) is 6.44. The summed E-state index contributed by atoms with van der Waals surface area (Å²) >= 11 is 6.04. The van der Waals surface area contributed by atoms with E-state index in [9.17, 15) is 0 Å². The quantitative estimate of drug-likeness (QED) is 0.888. The van der Waals surface area contributed by atoms with E-state index in [0.29, 0.717) is 0 Å². The summed E-state index contributed by atoms with van der Waals surface area (Å²) in [6, 6.07) is 13.0. The van der Waals surface area contributed by atoms with Crippen LogP contribution in [0.5, 0.6) is 0 Å². The van der Waals surface area contributed by atoms with Crippen LogP contribution in [-0.2, 0) is 11.8 Å². The number of aryl methyl sites for hydroxylation is 3. The minimum absolute atomic E-state index is 0.218. The summed E-state index contributed by atoms with van der Waals surface area (Å²) in [5.41, 5.74) is 7.28. The molecule has 1 heterocycles. The molecule has 2 aromatic carbocycles. The smallest absolute Gasteiger partial charge is 0.0406 e. The maximum Gasteiger partial charge on any atom is 0.0406 e. The average molecular weight is 300 g/mol. The van der Waals surface area contributed by atoms with E-state index in [0.717, 1.165) is 24.5 Å². The molecule has 1 aliphatic rings. The third-order valence-corrected chi connectivity index (χ3v) is 4.99. The highest BCUT2D eigenvalue weighted by molar-refractivity contribution is 6.30. The molecule has 0 aliphatic carbocycles. The number of benzene rings is 2. The van der Waals surface area contributed by atoms with Gasteiger partial charge in [0.2, 0.25) is 0 Å². The van der Waals surface area contributed by atoms with Crippen molar-refractivity contribution in [2.75, 3.05) is 13.1 Å². The Hall–Kier alpha value is -1.31. The molecule has 21 heavy (non-hydrogen) atoms. The van der Waals surface area contributed by atoms with Crippen molar-refractivity contribution >= 4 is 11.6 Å². The lowest BCUT2D eigenvalue weighted by Gasteiger charge is -2.44. The summed E-state index contributed by atoms with van der Waals surface area (Å²) in [7, 11) is 0. The van der Waals surface area contributed by atoms with E-state index in [-0.39, 0.29) is 5.41 Å². The van der Waals surface area contributed by atoms with Gasteiger partial charge >= 0.3 is 0 Å². The van der Waals surface area contributed by atoms with Crippen LogP contribution in [0.1, 0.15) is 27.8 Å². The van der Waals surface area contributed by atoms with Crippen LogP contribution in [0.25, 0.3) is 0 Å². The number of rotatable bonds is 3. The average Bonchev–Trinajstić information content (AvgIpc) is 2.37. The van der Waals surface area contributed by atoms with Gasteiger partial charge in [0.1, 0.15) is 0 Å². The van der Waals surface area contributed by atoms with Crippen molar-refractivity contribution < 1.29 is 0 Å². The Kier molecular flexibility index (Phi) is 3.81. The highest BCUT2D eigenvalue weighted by atomic mass is 35.5. The normalized spacial score (nSPS) is 16.6. The van der Waals surface area contributed by atoms with Crippen LogP contribution in [0.3, 0.4) is 0 Å². The lowest BCUT2D eigenvalue weighted by atomic mass is 9.70. The first kappa shape index (κ1) is 14.6. The van der Waals surface area contributed by atoms with Gasteiger partial charge in [-0.2, -0.15) is 0 Å². The molecule has 0 aromatic heterocycles. The minimum Gasteiger partial charge on any atom is -0.315 e. The summed E-state index contributed by atoms with van der Waals surface area (Å²) in [5.74, 6) is 0. The predicted octanol–water partition coefficient (Wildman–Crippen LogP) is 4.35. The van der Waals surface area contributed by atoms with Gasteiger partial charge in [-0.25, -0.2) is 0 Å². The lowest BCUT2D eigenvalue weighted by Crippen LogP contribution is -2.58. The maximum absolute atomic E-state index is 6.04. The molecule has 1 saturated heterocycles. The van der Waals surface area contributed by atoms with Crippen LogP contribution < -0.4 is 5.32 Å². The fraction of sp³-hybridized carbons (Fsp3) is 0.368. The van der Waals surface area contributed by atoms with Crippen LogP contribution in [0.15, 0.2) is 36.4 Å². The van der Waals surface area contributed by atoms with E-state index < -0.39 is 0 Å². The third kappa shape index (κ3) is 2.73. The van der Waals surface area contributed by atoms with Crippen LogP contribution in [0.4, 0.5) is 0 Å². The molecule has 1 fully saturated rings. The van der Waals surface area contributed by atoms with Crippen LogP contribution in [-0.4, -0.2) is 13.1 Å². The van der Waals surface area contributed by atoms with Gasteiger partial charge < -0.3 is 5.32 Å². The van der Waals surface area contributed by atoms with E-state index in [4.69, 9.17) is 11.6 Å². The van der Waals surface area contributed by atoms with E-state index in [1.807, 2.05) is 12.1 Å². The van der Waals surface area contributed by atoms with E-state index in [1.54, 1.807) is 0 Å². The summed E-state index contributed by atoms with van der Waals surface area (Å²) in [6.45, 7) is 8.72. The Bertz CT molecular complexity index is 631. The second-order valence-corrected chi connectivity index (χ2v) is 6.88. The second kappa shape index (κ2) is 5.47. The van der Waals surface area contributed by atoms with Crippen molar-refractivity contribution in [3.8, 4) is 0 Å². The Morgan fingerprint density at radius 2 is 1.57 bits per heavy atom. The van der Waals surface area contributed by atoms with E-state index >= 15 is 0 Å². The molecule has 2 heteroatoms. The first-order valence-corrected chi connectivity index (χ1v) is 7.91. The molecule has 0 atom stereocenters. The Balaban J connectivity index is 1.97. The predicted molar refractivity (Wildman–Crippen MR) is 90.4 cm³/mol. The molecule has 0 radical (unpaired) electrons. The first-order chi connectivity index (χ1) is 10.00. The monoisotopic (exact) mass is 299 g/mol. The topological polar surface area (TPSA) is 12.0 Å². The zero-order chi connectivity index (χ0) is 15.0. The van der Waals surface area contributed by atoms with Crippen LogP contribution >= 0.6 is 11.6 Å². The molecule has 3 rings (SSSR count). The lowest BCUT2D eigenvalue weighted by molar-refractivity contribution is 0.274. The summed E-state index contributed by atoms with van der Waals surface area (Å²) in [6.07, 6.45) is 1.10. The molecule has 0 saturated carbocycles. The Morgan fingerprint density at radius 3 is 2.05 bits per heavy atom. The number of halogens is 1. The largest absolute Gasteiger partial charge is 0.315 e. The van der Waals surface area contributed by atoms with Crippen molar-refractivity contribution in [2.24, 2.45) is 0 Å². The zero-order valence-corrected chi connectivity index (χ0v) is 13.7. The molecule has 110 valence electrons. The van der Waals surface area contributed by atoms with Crippen molar-refractivity contribution in [2.45, 2.75) is 32.6 Å². The molecular weight excluding hydrogens is 278 g/mol. The van der Waals surface area contributed by atoms with Crippen molar-refractivity contribution in [3.63, 3.8) is 0 Å². The van der Waals surface area contributed by atoms with Gasteiger partial charge in [-0.3, -0.25) is 0 Å². The Morgan fingerprint density at radius 1 is 1.00 bits per heavy atom. The van der Waals surface area contributed by atoms with Gasteiger partial charge in [-0.1, -0.05) is 41.4 Å². The van der Waals surface area contributed by atoms with E-state index in [1.165, 1.54) is 27.8 Å². The van der Waals surface area contributed by atoms with E-state index in [2.05, 4.69) is 50.4 Å². The zero-order valence-electron chi connectivity index (χ0n) is 13.0. The Labute approximate surface area is 132 Å². The molecule has 1 aliphatic heterocycles. The number of hydrogen-bond donors (Lipinski definition) is 1. The number of hydrogen-bond acceptors (Lipinski definition) is 1. The molecule has 0 spiro atoms. The van der Waals surface area contributed by atoms with Gasteiger partial charge in [-0.15, -0.1) is 0 Å². The third-order valence-electron chi connectivity index (χ3n) is 4.74. The van der Waals surface area contributed by atoms with Crippen molar-refractivity contribution in [1.82, 2.24) is 5.32 Å². The molecule has 0 amide bonds. The standard InChI is InChI=1S/C19H22ClN/c1-13-8-14(2)18(15(3)9-13)10-19(11-21-12-19)16-4-6-17(20)7-5-16/h4-9,21H,10-12H2,1-3H3. The maximum atomic E-state index is 6.04. The van der Waals surface area contributed by atoms with Gasteiger partial charge in [0.25, 0.3) is 0 Å².